The highest BCUT2D eigenvalue weighted by Crippen LogP contribution is 2.22. The second-order valence-electron chi connectivity index (χ2n) is 7.78. The zero-order chi connectivity index (χ0) is 23.1. The maximum atomic E-state index is 11.7. The van der Waals surface area contributed by atoms with E-state index in [9.17, 15) is 18.0 Å². The fourth-order valence-electron chi connectivity index (χ4n) is 3.56. The quantitative estimate of drug-likeness (QED) is 0.214. The molecular formula is C23H36O7S. The van der Waals surface area contributed by atoms with Gasteiger partial charge in [0.1, 0.15) is 0 Å². The van der Waals surface area contributed by atoms with Crippen molar-refractivity contribution >= 4 is 22.1 Å². The Bertz CT molecular complexity index is 787. The van der Waals surface area contributed by atoms with Crippen LogP contribution in [0.3, 0.4) is 0 Å². The third-order valence-corrected chi connectivity index (χ3v) is 5.75. The Hall–Kier alpha value is -1.93. The molecule has 176 valence electrons. The zero-order valence-electron chi connectivity index (χ0n) is 18.7. The van der Waals surface area contributed by atoms with Crippen molar-refractivity contribution in [1.29, 1.82) is 0 Å². The van der Waals surface area contributed by atoms with Gasteiger partial charge in [0, 0.05) is 12.8 Å². The predicted octanol–water partition coefficient (Wildman–Crippen LogP) is 4.06. The molecule has 1 aromatic rings. The summed E-state index contributed by atoms with van der Waals surface area (Å²) in [6, 6.07) is 6.24. The van der Waals surface area contributed by atoms with Crippen molar-refractivity contribution in [3.8, 4) is 0 Å². The van der Waals surface area contributed by atoms with Crippen molar-refractivity contribution < 1.29 is 32.0 Å². The summed E-state index contributed by atoms with van der Waals surface area (Å²) in [5, 5.41) is 8.76. The monoisotopic (exact) mass is 456 g/mol. The number of methoxy groups -OCH3 is 1. The number of aliphatic carboxylic acids is 1. The first kappa shape index (κ1) is 27.1. The molecule has 0 atom stereocenters. The van der Waals surface area contributed by atoms with Gasteiger partial charge in [0.2, 0.25) is 0 Å². The van der Waals surface area contributed by atoms with Gasteiger partial charge in [-0.05, 0) is 61.6 Å². The average Bonchev–Trinajstić information content (AvgIpc) is 2.70. The standard InChI is InChI=1S/C23H36O7S/c1-29-23(26)17-16-21-19(11-6-3-4-9-18-30-31(2,27)28)13-10-14-20(21)12-7-5-8-15-22(24)25/h10,13-14H,3-9,11-12,15-18H2,1-2H3,(H,24,25). The first-order valence-corrected chi connectivity index (χ1v) is 12.8. The summed E-state index contributed by atoms with van der Waals surface area (Å²) < 4.78 is 31.5. The van der Waals surface area contributed by atoms with Gasteiger partial charge in [-0.15, -0.1) is 0 Å². The Balaban J connectivity index is 2.60. The summed E-state index contributed by atoms with van der Waals surface area (Å²) >= 11 is 0. The molecule has 0 saturated heterocycles. The Kier molecular flexibility index (Phi) is 13.1. The Morgan fingerprint density at radius 1 is 0.871 bits per heavy atom. The number of unbranched alkanes of at least 4 members (excludes halogenated alkanes) is 5. The van der Waals surface area contributed by atoms with Gasteiger partial charge >= 0.3 is 11.9 Å². The third kappa shape index (κ3) is 13.2. The number of carboxylic acid groups (broad SMARTS) is 1. The highest BCUT2D eigenvalue weighted by atomic mass is 32.2. The predicted molar refractivity (Wildman–Crippen MR) is 120 cm³/mol. The van der Waals surface area contributed by atoms with Gasteiger partial charge in [0.25, 0.3) is 10.1 Å². The molecule has 0 unspecified atom stereocenters. The molecule has 1 aromatic carbocycles. The molecule has 0 bridgehead atoms. The van der Waals surface area contributed by atoms with Crippen molar-refractivity contribution in [2.45, 2.75) is 77.0 Å². The van der Waals surface area contributed by atoms with Gasteiger partial charge in [-0.3, -0.25) is 13.8 Å². The van der Waals surface area contributed by atoms with E-state index in [-0.39, 0.29) is 19.0 Å². The van der Waals surface area contributed by atoms with E-state index in [1.54, 1.807) is 0 Å². The van der Waals surface area contributed by atoms with E-state index < -0.39 is 16.1 Å². The Morgan fingerprint density at radius 2 is 1.45 bits per heavy atom. The van der Waals surface area contributed by atoms with Crippen molar-refractivity contribution in [2.24, 2.45) is 0 Å². The molecule has 0 aliphatic heterocycles. The van der Waals surface area contributed by atoms with Crippen LogP contribution in [0, 0.1) is 0 Å². The normalized spacial score (nSPS) is 11.4. The molecule has 0 fully saturated rings. The van der Waals surface area contributed by atoms with Gasteiger partial charge in [-0.2, -0.15) is 8.42 Å². The first-order valence-electron chi connectivity index (χ1n) is 11.0. The fourth-order valence-corrected chi connectivity index (χ4v) is 3.98. The first-order chi connectivity index (χ1) is 14.7. The van der Waals surface area contributed by atoms with Crippen molar-refractivity contribution in [3.05, 3.63) is 34.9 Å². The van der Waals surface area contributed by atoms with Crippen LogP contribution in [-0.2, 0) is 47.9 Å². The molecule has 0 heterocycles. The number of carbonyl (C=O) groups is 2. The molecule has 7 nitrogen and oxygen atoms in total. The molecule has 1 rings (SSSR count). The van der Waals surface area contributed by atoms with Gasteiger partial charge in [-0.1, -0.05) is 37.5 Å². The highest BCUT2D eigenvalue weighted by Gasteiger charge is 2.11. The molecule has 31 heavy (non-hydrogen) atoms. The van der Waals surface area contributed by atoms with Gasteiger partial charge in [-0.25, -0.2) is 0 Å². The molecule has 0 amide bonds. The molecule has 0 aliphatic rings. The number of carboxylic acids is 1. The van der Waals surface area contributed by atoms with Crippen LogP contribution in [0.2, 0.25) is 0 Å². The SMILES string of the molecule is COC(=O)CCc1c(CCCCCCOS(C)(=O)=O)cccc1CCCCCC(=O)O. The lowest BCUT2D eigenvalue weighted by atomic mass is 9.91. The molecule has 8 heteroatoms. The van der Waals surface area contributed by atoms with E-state index in [0.717, 1.165) is 51.2 Å². The lowest BCUT2D eigenvalue weighted by Gasteiger charge is -2.15. The smallest absolute Gasteiger partial charge is 0.305 e. The number of ether oxygens (including phenoxy) is 1. The number of aryl methyl sites for hydroxylation is 2. The van der Waals surface area contributed by atoms with Gasteiger partial charge in [0.15, 0.2) is 0 Å². The topological polar surface area (TPSA) is 107 Å². The van der Waals surface area contributed by atoms with Crippen LogP contribution >= 0.6 is 0 Å². The second-order valence-corrected chi connectivity index (χ2v) is 9.42. The largest absolute Gasteiger partial charge is 0.481 e. The average molecular weight is 457 g/mol. The molecule has 0 spiro atoms. The van der Waals surface area contributed by atoms with Crippen LogP contribution in [0.25, 0.3) is 0 Å². The molecule has 0 aliphatic carbocycles. The number of hydrogen-bond acceptors (Lipinski definition) is 6. The summed E-state index contributed by atoms with van der Waals surface area (Å²) in [4.78, 5) is 22.3. The summed E-state index contributed by atoms with van der Waals surface area (Å²) in [6.45, 7) is 0.223. The van der Waals surface area contributed by atoms with Gasteiger partial charge < -0.3 is 9.84 Å². The number of benzene rings is 1. The van der Waals surface area contributed by atoms with Crippen LogP contribution in [0.15, 0.2) is 18.2 Å². The third-order valence-electron chi connectivity index (χ3n) is 5.15. The zero-order valence-corrected chi connectivity index (χ0v) is 19.5. The minimum Gasteiger partial charge on any atom is -0.481 e. The van der Waals surface area contributed by atoms with E-state index >= 15 is 0 Å². The van der Waals surface area contributed by atoms with Crippen molar-refractivity contribution in [3.63, 3.8) is 0 Å². The Morgan fingerprint density at radius 3 is 2.00 bits per heavy atom. The van der Waals surface area contributed by atoms with Crippen molar-refractivity contribution in [2.75, 3.05) is 20.0 Å². The van der Waals surface area contributed by atoms with E-state index in [0.29, 0.717) is 25.7 Å². The highest BCUT2D eigenvalue weighted by molar-refractivity contribution is 7.85. The number of esters is 1. The minimum absolute atomic E-state index is 0.199. The molecular weight excluding hydrogens is 420 g/mol. The van der Waals surface area contributed by atoms with Crippen LogP contribution in [0.1, 0.15) is 74.5 Å². The van der Waals surface area contributed by atoms with E-state index in [2.05, 4.69) is 12.1 Å². The second kappa shape index (κ2) is 15.0. The van der Waals surface area contributed by atoms with Gasteiger partial charge in [0.05, 0.1) is 20.0 Å². The van der Waals surface area contributed by atoms with Crippen LogP contribution < -0.4 is 0 Å². The number of rotatable bonds is 17. The molecule has 0 saturated carbocycles. The van der Waals surface area contributed by atoms with Crippen LogP contribution in [-0.4, -0.2) is 45.4 Å². The van der Waals surface area contributed by atoms with E-state index in [4.69, 9.17) is 14.0 Å². The maximum absolute atomic E-state index is 11.7. The van der Waals surface area contributed by atoms with Crippen LogP contribution in [0.5, 0.6) is 0 Å². The lowest BCUT2D eigenvalue weighted by molar-refractivity contribution is -0.140. The van der Waals surface area contributed by atoms with Crippen LogP contribution in [0.4, 0.5) is 0 Å². The lowest BCUT2D eigenvalue weighted by Crippen LogP contribution is -2.07. The number of carbonyl (C=O) groups excluding carboxylic acids is 1. The summed E-state index contributed by atoms with van der Waals surface area (Å²) in [7, 11) is -1.97. The maximum Gasteiger partial charge on any atom is 0.305 e. The minimum atomic E-state index is -3.37. The summed E-state index contributed by atoms with van der Waals surface area (Å²) in [5.41, 5.74) is 3.66. The van der Waals surface area contributed by atoms with Crippen molar-refractivity contribution in [1.82, 2.24) is 0 Å². The molecule has 0 aromatic heterocycles. The summed E-state index contributed by atoms with van der Waals surface area (Å²) in [6.07, 6.45) is 10.0. The fraction of sp³-hybridized carbons (Fsp3) is 0.652. The molecule has 0 radical (unpaired) electrons. The van der Waals surface area contributed by atoms with E-state index in [1.807, 2.05) is 6.07 Å². The van der Waals surface area contributed by atoms with E-state index in [1.165, 1.54) is 23.8 Å². The number of hydrogen-bond donors (Lipinski definition) is 1. The summed E-state index contributed by atoms with van der Waals surface area (Å²) in [5.74, 6) is -0.989. The molecule has 1 N–H and O–H groups in total. The Labute approximate surface area is 186 Å².